The van der Waals surface area contributed by atoms with Crippen molar-refractivity contribution in [2.24, 2.45) is 7.05 Å². The third kappa shape index (κ3) is 2.35. The molecule has 0 radical (unpaired) electrons. The summed E-state index contributed by atoms with van der Waals surface area (Å²) in [5, 5.41) is 0. The summed E-state index contributed by atoms with van der Waals surface area (Å²) < 4.78 is 4.29. The van der Waals surface area contributed by atoms with E-state index < -0.39 is 5.69 Å². The number of benzene rings is 1. The van der Waals surface area contributed by atoms with Crippen molar-refractivity contribution in [3.63, 3.8) is 0 Å². The monoisotopic (exact) mass is 318 g/mol. The lowest BCUT2D eigenvalue weighted by Gasteiger charge is -2.08. The summed E-state index contributed by atoms with van der Waals surface area (Å²) in [6, 6.07) is 9.77. The van der Waals surface area contributed by atoms with Gasteiger partial charge in [0.2, 0.25) is 0 Å². The number of imidazole rings is 1. The van der Waals surface area contributed by atoms with Crippen LogP contribution < -0.4 is 11.2 Å². The zero-order valence-electron chi connectivity index (χ0n) is 12.1. The fraction of sp³-hybridized carbons (Fsp3) is 0.267. The first-order valence-corrected chi connectivity index (χ1v) is 7.41. The van der Waals surface area contributed by atoms with Gasteiger partial charge in [0, 0.05) is 26.0 Å². The van der Waals surface area contributed by atoms with E-state index in [1.54, 1.807) is 17.9 Å². The SMILES string of the molecule is Cn1c(=O)n(CCCl)c(=O)c2c1ncn2Cc1ccccc1. The molecule has 0 aliphatic carbocycles. The lowest BCUT2D eigenvalue weighted by molar-refractivity contribution is 0.637. The number of alkyl halides is 1. The van der Waals surface area contributed by atoms with Gasteiger partial charge < -0.3 is 4.57 Å². The highest BCUT2D eigenvalue weighted by atomic mass is 35.5. The molecule has 6 nitrogen and oxygen atoms in total. The van der Waals surface area contributed by atoms with Crippen LogP contribution >= 0.6 is 11.6 Å². The summed E-state index contributed by atoms with van der Waals surface area (Å²) in [5.41, 5.74) is 1.10. The Morgan fingerprint density at radius 3 is 2.59 bits per heavy atom. The average Bonchev–Trinajstić information content (AvgIpc) is 2.94. The van der Waals surface area contributed by atoms with E-state index in [9.17, 15) is 9.59 Å². The van der Waals surface area contributed by atoms with Gasteiger partial charge in [-0.3, -0.25) is 13.9 Å². The quantitative estimate of drug-likeness (QED) is 0.679. The van der Waals surface area contributed by atoms with Crippen molar-refractivity contribution in [1.29, 1.82) is 0 Å². The zero-order valence-corrected chi connectivity index (χ0v) is 12.8. The molecule has 114 valence electrons. The fourth-order valence-corrected chi connectivity index (χ4v) is 2.67. The van der Waals surface area contributed by atoms with E-state index >= 15 is 0 Å². The molecule has 0 aliphatic rings. The maximum absolute atomic E-state index is 12.6. The summed E-state index contributed by atoms with van der Waals surface area (Å²) in [6.45, 7) is 0.700. The van der Waals surface area contributed by atoms with Gasteiger partial charge in [0.25, 0.3) is 5.56 Å². The molecule has 0 fully saturated rings. The van der Waals surface area contributed by atoms with E-state index in [4.69, 9.17) is 11.6 Å². The van der Waals surface area contributed by atoms with Gasteiger partial charge in [-0.25, -0.2) is 9.78 Å². The van der Waals surface area contributed by atoms with E-state index in [1.165, 1.54) is 4.57 Å². The maximum Gasteiger partial charge on any atom is 0.332 e. The molecule has 0 amide bonds. The van der Waals surface area contributed by atoms with Crippen molar-refractivity contribution in [1.82, 2.24) is 18.7 Å². The normalized spacial score (nSPS) is 11.2. The number of halogens is 1. The standard InChI is InChI=1S/C15H15ClN4O2/c1-18-13-12(14(21)20(8-7-16)15(18)22)19(10-17-13)9-11-5-3-2-4-6-11/h2-6,10H,7-9H2,1H3. The molecule has 0 aliphatic heterocycles. The summed E-state index contributed by atoms with van der Waals surface area (Å²) in [6.07, 6.45) is 1.59. The van der Waals surface area contributed by atoms with Crippen LogP contribution in [0.5, 0.6) is 0 Å². The molecule has 0 saturated carbocycles. The largest absolute Gasteiger partial charge is 0.332 e. The number of rotatable bonds is 4. The van der Waals surface area contributed by atoms with E-state index in [2.05, 4.69) is 4.98 Å². The Kier molecular flexibility index (Phi) is 3.85. The van der Waals surface area contributed by atoms with Crippen molar-refractivity contribution >= 4 is 22.8 Å². The second kappa shape index (κ2) is 5.81. The topological polar surface area (TPSA) is 61.8 Å². The van der Waals surface area contributed by atoms with Gasteiger partial charge in [-0.1, -0.05) is 30.3 Å². The minimum Gasteiger partial charge on any atom is -0.320 e. The van der Waals surface area contributed by atoms with E-state index in [0.717, 1.165) is 10.1 Å². The highest BCUT2D eigenvalue weighted by molar-refractivity contribution is 6.17. The first-order valence-electron chi connectivity index (χ1n) is 6.88. The predicted octanol–water partition coefficient (Wildman–Crippen LogP) is 1.18. The molecule has 2 heterocycles. The van der Waals surface area contributed by atoms with Crippen LogP contribution in [0.15, 0.2) is 46.2 Å². The highest BCUT2D eigenvalue weighted by Gasteiger charge is 2.15. The van der Waals surface area contributed by atoms with Crippen LogP contribution in [0.4, 0.5) is 0 Å². The van der Waals surface area contributed by atoms with Crippen LogP contribution in [0.2, 0.25) is 0 Å². The average molecular weight is 319 g/mol. The molecule has 0 atom stereocenters. The second-order valence-corrected chi connectivity index (χ2v) is 5.40. The first-order chi connectivity index (χ1) is 10.6. The van der Waals surface area contributed by atoms with E-state index in [0.29, 0.717) is 17.7 Å². The van der Waals surface area contributed by atoms with Gasteiger partial charge in [0.05, 0.1) is 6.33 Å². The molecule has 1 aromatic carbocycles. The highest BCUT2D eigenvalue weighted by Crippen LogP contribution is 2.09. The smallest absolute Gasteiger partial charge is 0.320 e. The van der Waals surface area contributed by atoms with Gasteiger partial charge in [-0.05, 0) is 5.56 Å². The third-order valence-electron chi connectivity index (χ3n) is 3.61. The molecular weight excluding hydrogens is 304 g/mol. The predicted molar refractivity (Wildman–Crippen MR) is 85.5 cm³/mol. The Morgan fingerprint density at radius 1 is 1.18 bits per heavy atom. The summed E-state index contributed by atoms with van der Waals surface area (Å²) in [5.74, 6) is 0.202. The summed E-state index contributed by atoms with van der Waals surface area (Å²) in [7, 11) is 1.61. The number of fused-ring (bicyclic) bond motifs is 1. The van der Waals surface area contributed by atoms with Crippen LogP contribution in [0.25, 0.3) is 11.2 Å². The Bertz CT molecular complexity index is 924. The Morgan fingerprint density at radius 2 is 1.91 bits per heavy atom. The van der Waals surface area contributed by atoms with Gasteiger partial charge >= 0.3 is 5.69 Å². The summed E-state index contributed by atoms with van der Waals surface area (Å²) in [4.78, 5) is 29.0. The van der Waals surface area contributed by atoms with Gasteiger partial charge in [0.1, 0.15) is 0 Å². The Hall–Kier alpha value is -2.34. The minimum atomic E-state index is -0.400. The van der Waals surface area contributed by atoms with Crippen LogP contribution in [0, 0.1) is 0 Å². The van der Waals surface area contributed by atoms with Crippen LogP contribution in [0.3, 0.4) is 0 Å². The molecular formula is C15H15ClN4O2. The van der Waals surface area contributed by atoms with E-state index in [1.807, 2.05) is 30.3 Å². The fourth-order valence-electron chi connectivity index (χ4n) is 2.50. The van der Waals surface area contributed by atoms with Crippen LogP contribution in [-0.2, 0) is 20.1 Å². The number of hydrogen-bond donors (Lipinski definition) is 0. The van der Waals surface area contributed by atoms with Crippen molar-refractivity contribution in [3.8, 4) is 0 Å². The number of nitrogens with zero attached hydrogens (tertiary/aromatic N) is 4. The molecule has 2 aromatic heterocycles. The molecule has 0 unspecified atom stereocenters. The number of hydrogen-bond acceptors (Lipinski definition) is 3. The molecule has 0 saturated heterocycles. The van der Waals surface area contributed by atoms with Gasteiger partial charge in [-0.2, -0.15) is 0 Å². The molecule has 0 spiro atoms. The molecule has 22 heavy (non-hydrogen) atoms. The Balaban J connectivity index is 2.22. The molecule has 0 N–H and O–H groups in total. The van der Waals surface area contributed by atoms with Gasteiger partial charge in [0.15, 0.2) is 11.2 Å². The minimum absolute atomic E-state index is 0.180. The first kappa shape index (κ1) is 14.6. The van der Waals surface area contributed by atoms with Crippen LogP contribution in [-0.4, -0.2) is 24.6 Å². The van der Waals surface area contributed by atoms with Gasteiger partial charge in [-0.15, -0.1) is 11.6 Å². The Labute approximate surface area is 131 Å². The lowest BCUT2D eigenvalue weighted by atomic mass is 10.2. The molecule has 3 aromatic rings. The molecule has 3 rings (SSSR count). The van der Waals surface area contributed by atoms with Crippen molar-refractivity contribution in [3.05, 3.63) is 63.1 Å². The molecule has 0 bridgehead atoms. The second-order valence-electron chi connectivity index (χ2n) is 5.02. The number of aryl methyl sites for hydroxylation is 1. The maximum atomic E-state index is 12.6. The number of aromatic nitrogens is 4. The molecule has 7 heteroatoms. The summed E-state index contributed by atoms with van der Waals surface area (Å²) >= 11 is 5.70. The van der Waals surface area contributed by atoms with Crippen molar-refractivity contribution in [2.75, 3.05) is 5.88 Å². The van der Waals surface area contributed by atoms with Crippen molar-refractivity contribution < 1.29 is 0 Å². The van der Waals surface area contributed by atoms with Crippen molar-refractivity contribution in [2.45, 2.75) is 13.1 Å². The van der Waals surface area contributed by atoms with E-state index in [-0.39, 0.29) is 18.0 Å². The zero-order chi connectivity index (χ0) is 15.7. The third-order valence-corrected chi connectivity index (χ3v) is 3.77. The van der Waals surface area contributed by atoms with Crippen LogP contribution in [0.1, 0.15) is 5.56 Å². The lowest BCUT2D eigenvalue weighted by Crippen LogP contribution is -2.40.